The molecule has 0 aliphatic carbocycles. The van der Waals surface area contributed by atoms with Crippen LogP contribution in [0.2, 0.25) is 0 Å². The number of benzene rings is 3. The normalized spacial score (nSPS) is 11.3. The number of fused-ring (bicyclic) bond motifs is 1. The summed E-state index contributed by atoms with van der Waals surface area (Å²) in [5.74, 6) is -2.17. The number of nitrogens with zero attached hydrogens (tertiary/aromatic N) is 2. The molecule has 5 nitrogen and oxygen atoms in total. The Morgan fingerprint density at radius 3 is 2.20 bits per heavy atom. The zero-order chi connectivity index (χ0) is 28.2. The number of aromatic nitrogens is 1. The van der Waals surface area contributed by atoms with E-state index in [2.05, 4.69) is 4.90 Å². The number of carbonyl (C=O) groups excluding carboxylic acids is 1. The Hall–Kier alpha value is -4.14. The molecule has 204 valence electrons. The van der Waals surface area contributed by atoms with E-state index in [-0.39, 0.29) is 24.3 Å². The first-order valence-corrected chi connectivity index (χ1v) is 13.8. The zero-order valence-electron chi connectivity index (χ0n) is 22.2. The Balaban J connectivity index is 1.73. The monoisotopic (exact) mass is 558 g/mol. The molecule has 0 fully saturated rings. The first-order valence-electron chi connectivity index (χ1n) is 12.9. The van der Waals surface area contributed by atoms with Crippen molar-refractivity contribution in [3.63, 3.8) is 0 Å². The first-order chi connectivity index (χ1) is 19.4. The molecule has 0 N–H and O–H groups in total. The number of ether oxygens (including phenoxy) is 1. The van der Waals surface area contributed by atoms with Gasteiger partial charge in [-0.25, -0.2) is 13.6 Å². The third kappa shape index (κ3) is 5.59. The van der Waals surface area contributed by atoms with Crippen molar-refractivity contribution in [1.82, 2.24) is 9.47 Å². The predicted molar refractivity (Wildman–Crippen MR) is 155 cm³/mol. The molecule has 0 saturated carbocycles. The van der Waals surface area contributed by atoms with Crippen molar-refractivity contribution >= 4 is 27.5 Å². The number of carbonyl (C=O) groups is 1. The summed E-state index contributed by atoms with van der Waals surface area (Å²) in [5.41, 5.74) is 2.00. The Bertz CT molecular complexity index is 1700. The summed E-state index contributed by atoms with van der Waals surface area (Å²) >= 11 is 1.37. The molecular formula is C32H28F2N2O3S. The van der Waals surface area contributed by atoms with Gasteiger partial charge in [-0.05, 0) is 42.8 Å². The molecule has 5 rings (SSSR count). The SMILES string of the molecule is CCOC(=O)c1cn(Cc2c(F)cccc2F)c2sc(-c3ccccc3)c(CN(C)Cc3ccccc3)c2c1=O. The van der Waals surface area contributed by atoms with Crippen LogP contribution in [0.5, 0.6) is 0 Å². The van der Waals surface area contributed by atoms with Gasteiger partial charge >= 0.3 is 5.97 Å². The van der Waals surface area contributed by atoms with Crippen LogP contribution in [-0.4, -0.2) is 29.1 Å². The van der Waals surface area contributed by atoms with E-state index in [1.165, 1.54) is 35.7 Å². The second kappa shape index (κ2) is 11.9. The molecule has 5 aromatic rings. The summed E-state index contributed by atoms with van der Waals surface area (Å²) < 4.78 is 36.2. The van der Waals surface area contributed by atoms with Crippen molar-refractivity contribution in [2.45, 2.75) is 26.6 Å². The highest BCUT2D eigenvalue weighted by atomic mass is 32.1. The fourth-order valence-electron chi connectivity index (χ4n) is 4.82. The number of hydrogen-bond acceptors (Lipinski definition) is 5. The Kier molecular flexibility index (Phi) is 8.19. The molecule has 0 saturated heterocycles. The largest absolute Gasteiger partial charge is 0.462 e. The molecule has 0 radical (unpaired) electrons. The molecule has 2 aromatic heterocycles. The molecule has 2 heterocycles. The van der Waals surface area contributed by atoms with Crippen LogP contribution in [0.25, 0.3) is 20.7 Å². The summed E-state index contributed by atoms with van der Waals surface area (Å²) in [6.45, 7) is 2.60. The van der Waals surface area contributed by atoms with E-state index in [1.54, 1.807) is 11.5 Å². The lowest BCUT2D eigenvalue weighted by Crippen LogP contribution is -2.23. The maximum absolute atomic E-state index is 14.7. The third-order valence-corrected chi connectivity index (χ3v) is 7.97. The van der Waals surface area contributed by atoms with Crippen molar-refractivity contribution in [3.8, 4) is 10.4 Å². The molecule has 0 atom stereocenters. The van der Waals surface area contributed by atoms with Crippen LogP contribution in [0, 0.1) is 11.6 Å². The van der Waals surface area contributed by atoms with Gasteiger partial charge in [-0.15, -0.1) is 11.3 Å². The molecule has 8 heteroatoms. The second-order valence-electron chi connectivity index (χ2n) is 9.53. The molecule has 0 amide bonds. The van der Waals surface area contributed by atoms with Gasteiger partial charge < -0.3 is 9.30 Å². The van der Waals surface area contributed by atoms with Gasteiger partial charge in [0.25, 0.3) is 0 Å². The van der Waals surface area contributed by atoms with E-state index >= 15 is 0 Å². The fourth-order valence-corrected chi connectivity index (χ4v) is 6.11. The molecule has 0 bridgehead atoms. The highest BCUT2D eigenvalue weighted by Crippen LogP contribution is 2.39. The average Bonchev–Trinajstić information content (AvgIpc) is 3.32. The first kappa shape index (κ1) is 27.4. The van der Waals surface area contributed by atoms with E-state index in [9.17, 15) is 18.4 Å². The van der Waals surface area contributed by atoms with Gasteiger partial charge in [0, 0.05) is 29.7 Å². The predicted octanol–water partition coefficient (Wildman–Crippen LogP) is 6.87. The van der Waals surface area contributed by atoms with Crippen molar-refractivity contribution in [2.75, 3.05) is 13.7 Å². The van der Waals surface area contributed by atoms with Gasteiger partial charge in [-0.2, -0.15) is 0 Å². The van der Waals surface area contributed by atoms with Crippen LogP contribution in [-0.2, 0) is 24.4 Å². The van der Waals surface area contributed by atoms with Crippen LogP contribution in [0.15, 0.2) is 89.9 Å². The number of hydrogen-bond donors (Lipinski definition) is 0. The van der Waals surface area contributed by atoms with Crippen molar-refractivity contribution in [1.29, 1.82) is 0 Å². The zero-order valence-corrected chi connectivity index (χ0v) is 23.0. The van der Waals surface area contributed by atoms with Crippen molar-refractivity contribution in [3.05, 3.63) is 129 Å². The minimum Gasteiger partial charge on any atom is -0.462 e. The van der Waals surface area contributed by atoms with Crippen LogP contribution in [0.3, 0.4) is 0 Å². The highest BCUT2D eigenvalue weighted by molar-refractivity contribution is 7.22. The molecule has 3 aromatic carbocycles. The Labute approximate surface area is 234 Å². The van der Waals surface area contributed by atoms with Crippen LogP contribution < -0.4 is 5.43 Å². The molecule has 0 spiro atoms. The molecule has 0 aliphatic rings. The lowest BCUT2D eigenvalue weighted by Gasteiger charge is -2.18. The topological polar surface area (TPSA) is 51.5 Å². The van der Waals surface area contributed by atoms with Crippen LogP contribution >= 0.6 is 11.3 Å². The van der Waals surface area contributed by atoms with Crippen molar-refractivity contribution < 1.29 is 18.3 Å². The molecule has 0 unspecified atom stereocenters. The van der Waals surface area contributed by atoms with Gasteiger partial charge in [-0.1, -0.05) is 66.7 Å². The second-order valence-corrected chi connectivity index (χ2v) is 10.5. The fraction of sp³-hybridized carbons (Fsp3) is 0.188. The van der Waals surface area contributed by atoms with Gasteiger partial charge in [-0.3, -0.25) is 9.69 Å². The molecule has 0 aliphatic heterocycles. The average molecular weight is 559 g/mol. The lowest BCUT2D eigenvalue weighted by molar-refractivity contribution is 0.0524. The minimum atomic E-state index is -0.770. The Morgan fingerprint density at radius 1 is 0.900 bits per heavy atom. The Morgan fingerprint density at radius 2 is 1.55 bits per heavy atom. The standard InChI is InChI=1S/C32H28F2N2O3S/c1-3-39-32(38)25-20-36(19-23-26(33)15-10-16-27(23)34)31-28(29(25)37)24(30(40-31)22-13-8-5-9-14-22)18-35(2)17-21-11-6-4-7-12-21/h4-16,20H,3,17-19H2,1-2H3. The summed E-state index contributed by atoms with van der Waals surface area (Å²) in [7, 11) is 1.97. The van der Waals surface area contributed by atoms with E-state index < -0.39 is 23.0 Å². The van der Waals surface area contributed by atoms with E-state index in [4.69, 9.17) is 4.74 Å². The number of halogens is 2. The molecular weight excluding hydrogens is 530 g/mol. The summed E-state index contributed by atoms with van der Waals surface area (Å²) in [5, 5.41) is 0.353. The minimum absolute atomic E-state index is 0.0871. The van der Waals surface area contributed by atoms with Gasteiger partial charge in [0.15, 0.2) is 0 Å². The van der Waals surface area contributed by atoms with Gasteiger partial charge in [0.1, 0.15) is 22.0 Å². The summed E-state index contributed by atoms with van der Waals surface area (Å²) in [6.07, 6.45) is 1.36. The van der Waals surface area contributed by atoms with E-state index in [1.807, 2.05) is 67.7 Å². The quantitative estimate of drug-likeness (QED) is 0.185. The van der Waals surface area contributed by atoms with Gasteiger partial charge in [0.2, 0.25) is 5.43 Å². The van der Waals surface area contributed by atoms with Crippen molar-refractivity contribution in [2.24, 2.45) is 0 Å². The maximum Gasteiger partial charge on any atom is 0.343 e. The third-order valence-electron chi connectivity index (χ3n) is 6.65. The summed E-state index contributed by atoms with van der Waals surface area (Å²) in [4.78, 5) is 30.3. The maximum atomic E-state index is 14.7. The lowest BCUT2D eigenvalue weighted by atomic mass is 10.0. The van der Waals surface area contributed by atoms with Crippen LogP contribution in [0.1, 0.15) is 34.0 Å². The van der Waals surface area contributed by atoms with E-state index in [0.717, 1.165) is 21.6 Å². The van der Waals surface area contributed by atoms with Gasteiger partial charge in [0.05, 0.1) is 18.5 Å². The van der Waals surface area contributed by atoms with E-state index in [0.29, 0.717) is 23.3 Å². The smallest absolute Gasteiger partial charge is 0.343 e. The van der Waals surface area contributed by atoms with Crippen LogP contribution in [0.4, 0.5) is 8.78 Å². The number of esters is 1. The number of pyridine rings is 1. The summed E-state index contributed by atoms with van der Waals surface area (Å²) in [6, 6.07) is 23.4. The number of rotatable bonds is 9. The highest BCUT2D eigenvalue weighted by Gasteiger charge is 2.25. The molecule has 40 heavy (non-hydrogen) atoms. The number of thiophene rings is 1.